The Morgan fingerprint density at radius 3 is 2.79 bits per heavy atom. The van der Waals surface area contributed by atoms with Gasteiger partial charge in [0.25, 0.3) is 0 Å². The fourth-order valence-electron chi connectivity index (χ4n) is 2.89. The highest BCUT2D eigenvalue weighted by molar-refractivity contribution is 5.79. The lowest BCUT2D eigenvalue weighted by molar-refractivity contribution is -0.124. The van der Waals surface area contributed by atoms with Crippen molar-refractivity contribution in [2.75, 3.05) is 6.54 Å². The number of rotatable bonds is 3. The Balaban J connectivity index is 1.80. The third-order valence-corrected chi connectivity index (χ3v) is 3.79. The summed E-state index contributed by atoms with van der Waals surface area (Å²) in [6.45, 7) is 2.89. The van der Waals surface area contributed by atoms with Crippen LogP contribution < -0.4 is 11.1 Å². The first-order chi connectivity index (χ1) is 6.72. The zero-order chi connectivity index (χ0) is 10.1. The molecule has 1 amide bonds. The van der Waals surface area contributed by atoms with Gasteiger partial charge >= 0.3 is 0 Å². The van der Waals surface area contributed by atoms with E-state index in [-0.39, 0.29) is 11.8 Å². The summed E-state index contributed by atoms with van der Waals surface area (Å²) in [5.74, 6) is 1.91. The molecule has 1 unspecified atom stereocenters. The van der Waals surface area contributed by atoms with Gasteiger partial charge in [-0.2, -0.15) is 0 Å². The quantitative estimate of drug-likeness (QED) is 0.704. The molecule has 0 spiro atoms. The molecule has 3 nitrogen and oxygen atoms in total. The predicted molar refractivity (Wildman–Crippen MR) is 55.6 cm³/mol. The van der Waals surface area contributed by atoms with Crippen LogP contribution in [-0.2, 0) is 4.79 Å². The lowest BCUT2D eigenvalue weighted by atomic mass is 9.72. The Kier molecular flexibility index (Phi) is 2.77. The van der Waals surface area contributed by atoms with Crippen molar-refractivity contribution in [2.24, 2.45) is 23.5 Å². The molecule has 14 heavy (non-hydrogen) atoms. The van der Waals surface area contributed by atoms with Crippen molar-refractivity contribution in [3.63, 3.8) is 0 Å². The van der Waals surface area contributed by atoms with Crippen molar-refractivity contribution in [2.45, 2.75) is 38.6 Å². The van der Waals surface area contributed by atoms with Crippen LogP contribution in [0.1, 0.15) is 32.6 Å². The molecule has 80 valence electrons. The van der Waals surface area contributed by atoms with Gasteiger partial charge in [-0.1, -0.05) is 6.92 Å². The van der Waals surface area contributed by atoms with Crippen LogP contribution in [0, 0.1) is 17.8 Å². The van der Waals surface area contributed by atoms with Crippen LogP contribution in [0.2, 0.25) is 0 Å². The van der Waals surface area contributed by atoms with Gasteiger partial charge in [0, 0.05) is 18.5 Å². The molecular formula is C11H20N2O. The van der Waals surface area contributed by atoms with Crippen molar-refractivity contribution >= 4 is 5.91 Å². The minimum atomic E-state index is 0.255. The summed E-state index contributed by atoms with van der Waals surface area (Å²) in [7, 11) is 0. The zero-order valence-electron chi connectivity index (χ0n) is 8.83. The van der Waals surface area contributed by atoms with Crippen LogP contribution in [0.4, 0.5) is 0 Å². The molecule has 0 heterocycles. The standard InChI is InChI=1S/C11H20N2O/c1-2-3-13-11(14)8-4-7-6-10(12)9(7)5-8/h7-10H,2-6,12H2,1H3,(H,13,14)/t7-,8?,9-,10+/m0/s1. The van der Waals surface area contributed by atoms with Gasteiger partial charge in [-0.3, -0.25) is 4.79 Å². The van der Waals surface area contributed by atoms with Gasteiger partial charge in [0.05, 0.1) is 0 Å². The molecule has 2 aliphatic rings. The van der Waals surface area contributed by atoms with Crippen molar-refractivity contribution in [3.05, 3.63) is 0 Å². The Labute approximate surface area is 85.4 Å². The number of carbonyl (C=O) groups excluding carboxylic acids is 1. The molecule has 2 aliphatic carbocycles. The summed E-state index contributed by atoms with van der Waals surface area (Å²) in [5, 5.41) is 2.98. The minimum absolute atomic E-state index is 0.255. The maximum atomic E-state index is 11.7. The van der Waals surface area contributed by atoms with Crippen LogP contribution in [0.3, 0.4) is 0 Å². The maximum Gasteiger partial charge on any atom is 0.223 e. The monoisotopic (exact) mass is 196 g/mol. The Bertz CT molecular complexity index is 229. The van der Waals surface area contributed by atoms with E-state index in [4.69, 9.17) is 5.73 Å². The molecule has 3 N–H and O–H groups in total. The second-order valence-corrected chi connectivity index (χ2v) is 4.78. The molecule has 2 saturated carbocycles. The Morgan fingerprint density at radius 1 is 1.43 bits per heavy atom. The van der Waals surface area contributed by atoms with Crippen molar-refractivity contribution < 1.29 is 4.79 Å². The molecule has 0 saturated heterocycles. The number of amides is 1. The Hall–Kier alpha value is -0.570. The normalized spacial score (nSPS) is 40.1. The first-order valence-electron chi connectivity index (χ1n) is 5.75. The van der Waals surface area contributed by atoms with Gasteiger partial charge in [-0.15, -0.1) is 0 Å². The number of hydrogen-bond acceptors (Lipinski definition) is 2. The topological polar surface area (TPSA) is 55.1 Å². The van der Waals surface area contributed by atoms with Gasteiger partial charge in [0.15, 0.2) is 0 Å². The van der Waals surface area contributed by atoms with E-state index in [0.29, 0.717) is 12.0 Å². The second-order valence-electron chi connectivity index (χ2n) is 4.78. The molecule has 0 aromatic heterocycles. The number of hydrogen-bond donors (Lipinski definition) is 2. The minimum Gasteiger partial charge on any atom is -0.356 e. The summed E-state index contributed by atoms with van der Waals surface area (Å²) in [5.41, 5.74) is 5.89. The largest absolute Gasteiger partial charge is 0.356 e. The average molecular weight is 196 g/mol. The van der Waals surface area contributed by atoms with E-state index in [1.165, 1.54) is 0 Å². The molecule has 0 bridgehead atoms. The number of fused-ring (bicyclic) bond motifs is 1. The third kappa shape index (κ3) is 1.65. The van der Waals surface area contributed by atoms with Crippen LogP contribution in [0.5, 0.6) is 0 Å². The number of carbonyl (C=O) groups is 1. The highest BCUT2D eigenvalue weighted by atomic mass is 16.1. The zero-order valence-corrected chi connectivity index (χ0v) is 8.83. The van der Waals surface area contributed by atoms with Crippen LogP contribution >= 0.6 is 0 Å². The maximum absolute atomic E-state index is 11.7. The van der Waals surface area contributed by atoms with E-state index in [1.54, 1.807) is 0 Å². The van der Waals surface area contributed by atoms with Crippen LogP contribution in [0.15, 0.2) is 0 Å². The van der Waals surface area contributed by atoms with E-state index in [2.05, 4.69) is 12.2 Å². The molecule has 3 heteroatoms. The SMILES string of the molecule is CCCNC(=O)C1C[C@H]2C[C@@H](N)[C@H]2C1. The van der Waals surface area contributed by atoms with Gasteiger partial charge in [-0.25, -0.2) is 0 Å². The molecule has 4 atom stereocenters. The summed E-state index contributed by atoms with van der Waals surface area (Å²) in [6.07, 6.45) is 4.27. The van der Waals surface area contributed by atoms with Crippen LogP contribution in [0.25, 0.3) is 0 Å². The fraction of sp³-hybridized carbons (Fsp3) is 0.909. The Morgan fingerprint density at radius 2 is 2.21 bits per heavy atom. The van der Waals surface area contributed by atoms with Gasteiger partial charge in [0.2, 0.25) is 5.91 Å². The van der Waals surface area contributed by atoms with E-state index in [1.807, 2.05) is 0 Å². The summed E-state index contributed by atoms with van der Waals surface area (Å²) < 4.78 is 0. The second kappa shape index (κ2) is 3.89. The molecule has 0 radical (unpaired) electrons. The lowest BCUT2D eigenvalue weighted by Crippen LogP contribution is -2.44. The summed E-state index contributed by atoms with van der Waals surface area (Å²) in [6, 6.07) is 0.379. The van der Waals surface area contributed by atoms with E-state index >= 15 is 0 Å². The molecule has 2 rings (SSSR count). The molecule has 0 aromatic rings. The van der Waals surface area contributed by atoms with E-state index in [0.717, 1.165) is 38.1 Å². The first kappa shape index (κ1) is 9.97. The van der Waals surface area contributed by atoms with Gasteiger partial charge < -0.3 is 11.1 Å². The summed E-state index contributed by atoms with van der Waals surface area (Å²) in [4.78, 5) is 11.7. The fourth-order valence-corrected chi connectivity index (χ4v) is 2.89. The van der Waals surface area contributed by atoms with Crippen LogP contribution in [-0.4, -0.2) is 18.5 Å². The highest BCUT2D eigenvalue weighted by Gasteiger charge is 2.47. The number of nitrogens with two attached hydrogens (primary N) is 1. The van der Waals surface area contributed by atoms with Gasteiger partial charge in [-0.05, 0) is 37.5 Å². The van der Waals surface area contributed by atoms with Crippen molar-refractivity contribution in [3.8, 4) is 0 Å². The molecular weight excluding hydrogens is 176 g/mol. The summed E-state index contributed by atoms with van der Waals surface area (Å²) >= 11 is 0. The molecule has 2 fully saturated rings. The van der Waals surface area contributed by atoms with Gasteiger partial charge in [0.1, 0.15) is 0 Å². The van der Waals surface area contributed by atoms with Crippen molar-refractivity contribution in [1.29, 1.82) is 0 Å². The number of nitrogens with one attached hydrogen (secondary N) is 1. The first-order valence-corrected chi connectivity index (χ1v) is 5.75. The predicted octanol–water partition coefficient (Wildman–Crippen LogP) is 0.886. The van der Waals surface area contributed by atoms with Crippen molar-refractivity contribution in [1.82, 2.24) is 5.32 Å². The van der Waals surface area contributed by atoms with E-state index in [9.17, 15) is 4.79 Å². The average Bonchev–Trinajstić information content (AvgIpc) is 2.52. The molecule has 0 aliphatic heterocycles. The molecule has 0 aromatic carbocycles. The van der Waals surface area contributed by atoms with E-state index < -0.39 is 0 Å². The highest BCUT2D eigenvalue weighted by Crippen LogP contribution is 2.48. The smallest absolute Gasteiger partial charge is 0.223 e. The third-order valence-electron chi connectivity index (χ3n) is 3.79. The lowest BCUT2D eigenvalue weighted by Gasteiger charge is -2.37.